The Bertz CT molecular complexity index is 936. The van der Waals surface area contributed by atoms with Gasteiger partial charge >= 0.3 is 0 Å². The monoisotopic (exact) mass is 422 g/mol. The first-order valence-electron chi connectivity index (χ1n) is 8.43. The minimum absolute atomic E-state index is 0.125. The van der Waals surface area contributed by atoms with E-state index in [-0.39, 0.29) is 5.91 Å². The summed E-state index contributed by atoms with van der Waals surface area (Å²) in [5, 5.41) is 0. The molecular weight excluding hydrogens is 404 g/mol. The van der Waals surface area contributed by atoms with Gasteiger partial charge in [0.05, 0.1) is 18.5 Å². The van der Waals surface area contributed by atoms with E-state index in [0.717, 1.165) is 27.2 Å². The maximum absolute atomic E-state index is 12.6. The van der Waals surface area contributed by atoms with Crippen LogP contribution in [0.15, 0.2) is 88.3 Å². The number of benzene rings is 3. The number of methoxy groups -OCH3 is 1. The number of rotatable bonds is 4. The minimum Gasteiger partial charge on any atom is -0.497 e. The van der Waals surface area contributed by atoms with Crippen molar-refractivity contribution < 1.29 is 9.53 Å². The minimum atomic E-state index is -0.125. The van der Waals surface area contributed by atoms with Gasteiger partial charge in [-0.25, -0.2) is 4.99 Å². The van der Waals surface area contributed by atoms with E-state index in [1.54, 1.807) is 12.0 Å². The molecule has 0 saturated carbocycles. The average molecular weight is 423 g/mol. The van der Waals surface area contributed by atoms with Crippen molar-refractivity contribution >= 4 is 39.0 Å². The van der Waals surface area contributed by atoms with E-state index in [1.165, 1.54) is 6.92 Å². The molecule has 1 amide bonds. The number of amidine groups is 1. The lowest BCUT2D eigenvalue weighted by Gasteiger charge is -2.23. The predicted molar refractivity (Wildman–Crippen MR) is 113 cm³/mol. The highest BCUT2D eigenvalue weighted by Gasteiger charge is 2.20. The van der Waals surface area contributed by atoms with Gasteiger partial charge in [0.15, 0.2) is 0 Å². The molecule has 0 atom stereocenters. The number of ether oxygens (including phenoxy) is 1. The van der Waals surface area contributed by atoms with Crippen molar-refractivity contribution in [3.8, 4) is 5.75 Å². The van der Waals surface area contributed by atoms with Gasteiger partial charge in [-0.2, -0.15) is 0 Å². The number of aliphatic imine (C=N–C) groups is 1. The van der Waals surface area contributed by atoms with E-state index < -0.39 is 0 Å². The summed E-state index contributed by atoms with van der Waals surface area (Å²) >= 11 is 3.43. The third-order valence-electron chi connectivity index (χ3n) is 3.95. The molecule has 0 aromatic heterocycles. The number of carbonyl (C=O) groups is 1. The van der Waals surface area contributed by atoms with E-state index >= 15 is 0 Å². The number of amides is 1. The fourth-order valence-corrected chi connectivity index (χ4v) is 2.92. The molecule has 0 N–H and O–H groups in total. The summed E-state index contributed by atoms with van der Waals surface area (Å²) in [5.74, 6) is 1.17. The van der Waals surface area contributed by atoms with Crippen LogP contribution in [0.2, 0.25) is 0 Å². The van der Waals surface area contributed by atoms with Crippen LogP contribution in [0.4, 0.5) is 11.4 Å². The van der Waals surface area contributed by atoms with Crippen LogP contribution in [0.1, 0.15) is 12.5 Å². The molecule has 0 saturated heterocycles. The van der Waals surface area contributed by atoms with Crippen LogP contribution >= 0.6 is 15.9 Å². The van der Waals surface area contributed by atoms with E-state index in [9.17, 15) is 4.79 Å². The van der Waals surface area contributed by atoms with E-state index in [0.29, 0.717) is 5.84 Å². The van der Waals surface area contributed by atoms with Crippen LogP contribution in [0.3, 0.4) is 0 Å². The molecule has 4 nitrogen and oxygen atoms in total. The molecule has 0 aliphatic rings. The first-order valence-corrected chi connectivity index (χ1v) is 9.22. The first-order chi connectivity index (χ1) is 13.1. The molecule has 5 heteroatoms. The summed E-state index contributed by atoms with van der Waals surface area (Å²) in [4.78, 5) is 19.0. The zero-order valence-electron chi connectivity index (χ0n) is 15.1. The summed E-state index contributed by atoms with van der Waals surface area (Å²) in [6, 6.07) is 24.7. The van der Waals surface area contributed by atoms with Gasteiger partial charge in [-0.3, -0.25) is 9.69 Å². The maximum Gasteiger partial charge on any atom is 0.229 e. The lowest BCUT2D eigenvalue weighted by molar-refractivity contribution is -0.115. The zero-order valence-corrected chi connectivity index (χ0v) is 16.7. The number of hydrogen-bond acceptors (Lipinski definition) is 3. The number of anilines is 1. The summed E-state index contributed by atoms with van der Waals surface area (Å²) in [6.45, 7) is 1.53. The molecule has 0 spiro atoms. The lowest BCUT2D eigenvalue weighted by atomic mass is 10.1. The van der Waals surface area contributed by atoms with Crippen molar-refractivity contribution in [1.29, 1.82) is 0 Å². The Morgan fingerprint density at radius 1 is 0.926 bits per heavy atom. The summed E-state index contributed by atoms with van der Waals surface area (Å²) in [7, 11) is 1.61. The Morgan fingerprint density at radius 3 is 2.11 bits per heavy atom. The number of carbonyl (C=O) groups excluding carboxylic acids is 1. The highest BCUT2D eigenvalue weighted by atomic mass is 79.9. The highest BCUT2D eigenvalue weighted by Crippen LogP contribution is 2.25. The maximum atomic E-state index is 12.6. The van der Waals surface area contributed by atoms with Crippen LogP contribution in [-0.4, -0.2) is 18.9 Å². The van der Waals surface area contributed by atoms with Crippen molar-refractivity contribution in [2.45, 2.75) is 6.92 Å². The Balaban J connectivity index is 2.13. The van der Waals surface area contributed by atoms with Gasteiger partial charge < -0.3 is 4.74 Å². The molecule has 3 aromatic carbocycles. The number of hydrogen-bond donors (Lipinski definition) is 0. The average Bonchev–Trinajstić information content (AvgIpc) is 2.70. The van der Waals surface area contributed by atoms with Gasteiger partial charge in [-0.15, -0.1) is 0 Å². The molecule has 0 unspecified atom stereocenters. The van der Waals surface area contributed by atoms with Crippen molar-refractivity contribution in [2.75, 3.05) is 12.0 Å². The third kappa shape index (κ3) is 4.63. The van der Waals surface area contributed by atoms with Crippen LogP contribution in [0.5, 0.6) is 5.75 Å². The Labute approximate surface area is 167 Å². The van der Waals surface area contributed by atoms with E-state index in [2.05, 4.69) is 15.9 Å². The Morgan fingerprint density at radius 2 is 1.56 bits per heavy atom. The van der Waals surface area contributed by atoms with Crippen molar-refractivity contribution in [2.24, 2.45) is 4.99 Å². The standard InChI is InChI=1S/C22H19BrN2O2/c1-16(26)25(20-12-14-21(27-2)15-13-20)22(17-6-4-3-5-7-17)24-19-10-8-18(23)9-11-19/h3-15H,1-2H3. The predicted octanol–water partition coefficient (Wildman–Crippen LogP) is 5.59. The van der Waals surface area contributed by atoms with E-state index in [1.807, 2.05) is 78.9 Å². The number of halogens is 1. The molecule has 0 aliphatic carbocycles. The van der Waals surface area contributed by atoms with Gasteiger partial charge in [0.25, 0.3) is 0 Å². The van der Waals surface area contributed by atoms with Crippen LogP contribution < -0.4 is 9.64 Å². The van der Waals surface area contributed by atoms with E-state index in [4.69, 9.17) is 9.73 Å². The fourth-order valence-electron chi connectivity index (χ4n) is 2.65. The molecule has 27 heavy (non-hydrogen) atoms. The van der Waals surface area contributed by atoms with Crippen molar-refractivity contribution in [3.05, 3.63) is 88.9 Å². The molecule has 3 aromatic rings. The highest BCUT2D eigenvalue weighted by molar-refractivity contribution is 9.10. The second-order valence-corrected chi connectivity index (χ2v) is 6.75. The SMILES string of the molecule is COc1ccc(N(C(C)=O)C(=Nc2ccc(Br)cc2)c2ccccc2)cc1. The van der Waals surface area contributed by atoms with Crippen LogP contribution in [0, 0.1) is 0 Å². The molecule has 0 bridgehead atoms. The van der Waals surface area contributed by atoms with Gasteiger partial charge in [0.1, 0.15) is 11.6 Å². The van der Waals surface area contributed by atoms with Crippen molar-refractivity contribution in [3.63, 3.8) is 0 Å². The van der Waals surface area contributed by atoms with Gasteiger partial charge in [-0.05, 0) is 48.5 Å². The van der Waals surface area contributed by atoms with Gasteiger partial charge in [0, 0.05) is 17.0 Å². The zero-order chi connectivity index (χ0) is 19.2. The smallest absolute Gasteiger partial charge is 0.229 e. The quantitative estimate of drug-likeness (QED) is 0.406. The molecule has 136 valence electrons. The molecule has 0 heterocycles. The molecule has 0 aliphatic heterocycles. The molecule has 3 rings (SSSR count). The first kappa shape index (κ1) is 18.9. The van der Waals surface area contributed by atoms with Crippen LogP contribution in [-0.2, 0) is 4.79 Å². The largest absolute Gasteiger partial charge is 0.497 e. The second kappa shape index (κ2) is 8.64. The van der Waals surface area contributed by atoms with Crippen molar-refractivity contribution in [1.82, 2.24) is 0 Å². The summed E-state index contributed by atoms with van der Waals surface area (Å²) in [5.41, 5.74) is 2.34. The molecule has 0 fully saturated rings. The fraction of sp³-hybridized carbons (Fsp3) is 0.0909. The second-order valence-electron chi connectivity index (χ2n) is 5.83. The molecular formula is C22H19BrN2O2. The molecule has 0 radical (unpaired) electrons. The Hall–Kier alpha value is -2.92. The Kier molecular flexibility index (Phi) is 6.04. The topological polar surface area (TPSA) is 41.9 Å². The summed E-state index contributed by atoms with van der Waals surface area (Å²) in [6.07, 6.45) is 0. The number of nitrogens with zero attached hydrogens (tertiary/aromatic N) is 2. The normalized spacial score (nSPS) is 11.1. The lowest BCUT2D eigenvalue weighted by Crippen LogP contribution is -2.35. The van der Waals surface area contributed by atoms with Gasteiger partial charge in [0.2, 0.25) is 5.91 Å². The van der Waals surface area contributed by atoms with Gasteiger partial charge in [-0.1, -0.05) is 46.3 Å². The third-order valence-corrected chi connectivity index (χ3v) is 4.48. The van der Waals surface area contributed by atoms with Crippen LogP contribution in [0.25, 0.3) is 0 Å². The summed E-state index contributed by atoms with van der Waals surface area (Å²) < 4.78 is 6.20.